The van der Waals surface area contributed by atoms with Crippen LogP contribution in [0.1, 0.15) is 18.1 Å². The molecule has 0 saturated carbocycles. The maximum atomic E-state index is 12.4. The van der Waals surface area contributed by atoms with Gasteiger partial charge in [0.1, 0.15) is 6.61 Å². The first-order valence-electron chi connectivity index (χ1n) is 9.31. The fourth-order valence-corrected chi connectivity index (χ4v) is 4.16. The predicted octanol–water partition coefficient (Wildman–Crippen LogP) is 4.87. The standard InChI is InChI=1S/C21H20BrN3O5S/c1-4-29-17-9-14(10-19-20(26)24(3)21(23-2)31-19)16(22)11-18(17)30-12-13-5-7-15(8-6-13)25(27)28/h5-11H,4,12H2,1-3H3/b19-10-,23-21?. The highest BCUT2D eigenvalue weighted by Crippen LogP contribution is 2.38. The van der Waals surface area contributed by atoms with Gasteiger partial charge in [-0.25, -0.2) is 0 Å². The van der Waals surface area contributed by atoms with Crippen LogP contribution < -0.4 is 9.47 Å². The molecule has 2 aromatic carbocycles. The molecule has 0 atom stereocenters. The van der Waals surface area contributed by atoms with Crippen molar-refractivity contribution in [3.05, 3.63) is 67.0 Å². The predicted molar refractivity (Wildman–Crippen MR) is 124 cm³/mol. The first kappa shape index (κ1) is 22.8. The zero-order chi connectivity index (χ0) is 22.5. The summed E-state index contributed by atoms with van der Waals surface area (Å²) in [6.45, 7) is 2.53. The molecule has 0 aliphatic carbocycles. The van der Waals surface area contributed by atoms with Gasteiger partial charge >= 0.3 is 0 Å². The van der Waals surface area contributed by atoms with Gasteiger partial charge in [-0.3, -0.25) is 24.8 Å². The molecular weight excluding hydrogens is 486 g/mol. The van der Waals surface area contributed by atoms with Gasteiger partial charge in [0.25, 0.3) is 11.6 Å². The minimum atomic E-state index is -0.442. The zero-order valence-electron chi connectivity index (χ0n) is 17.1. The summed E-state index contributed by atoms with van der Waals surface area (Å²) < 4.78 is 12.4. The Bertz CT molecular complexity index is 1070. The molecule has 1 aliphatic rings. The molecule has 0 radical (unpaired) electrons. The fraction of sp³-hybridized carbons (Fsp3) is 0.238. The van der Waals surface area contributed by atoms with Crippen LogP contribution in [0.4, 0.5) is 5.69 Å². The third kappa shape index (κ3) is 5.26. The van der Waals surface area contributed by atoms with Gasteiger partial charge in [-0.2, -0.15) is 0 Å². The normalized spacial score (nSPS) is 16.3. The molecule has 162 valence electrons. The van der Waals surface area contributed by atoms with Crippen molar-refractivity contribution in [3.63, 3.8) is 0 Å². The Balaban J connectivity index is 1.84. The summed E-state index contributed by atoms with van der Waals surface area (Å²) in [5.41, 5.74) is 1.59. The van der Waals surface area contributed by atoms with E-state index in [0.717, 1.165) is 15.6 Å². The second kappa shape index (κ2) is 9.97. The van der Waals surface area contributed by atoms with Crippen molar-refractivity contribution in [2.45, 2.75) is 13.5 Å². The second-order valence-electron chi connectivity index (χ2n) is 6.45. The molecule has 1 fully saturated rings. The van der Waals surface area contributed by atoms with Gasteiger partial charge in [0, 0.05) is 30.7 Å². The molecule has 0 spiro atoms. The van der Waals surface area contributed by atoms with E-state index < -0.39 is 4.92 Å². The van der Waals surface area contributed by atoms with Crippen LogP contribution in [0.2, 0.25) is 0 Å². The molecule has 0 aromatic heterocycles. The van der Waals surface area contributed by atoms with Gasteiger partial charge in [-0.1, -0.05) is 15.9 Å². The van der Waals surface area contributed by atoms with E-state index in [9.17, 15) is 14.9 Å². The van der Waals surface area contributed by atoms with E-state index in [0.29, 0.717) is 28.2 Å². The van der Waals surface area contributed by atoms with E-state index in [1.54, 1.807) is 44.4 Å². The Kier molecular flexibility index (Phi) is 7.34. The maximum absolute atomic E-state index is 12.4. The van der Waals surface area contributed by atoms with Gasteiger partial charge in [0.15, 0.2) is 16.7 Å². The van der Waals surface area contributed by atoms with Crippen LogP contribution in [-0.4, -0.2) is 41.6 Å². The van der Waals surface area contributed by atoms with Crippen LogP contribution in [0.3, 0.4) is 0 Å². The average Bonchev–Trinajstić information content (AvgIpc) is 3.03. The van der Waals surface area contributed by atoms with Crippen molar-refractivity contribution in [1.29, 1.82) is 0 Å². The number of nitro groups is 1. The number of benzene rings is 2. The Hall–Kier alpha value is -2.85. The minimum Gasteiger partial charge on any atom is -0.490 e. The lowest BCUT2D eigenvalue weighted by atomic mass is 10.1. The van der Waals surface area contributed by atoms with Gasteiger partial charge in [-0.15, -0.1) is 0 Å². The maximum Gasteiger partial charge on any atom is 0.269 e. The molecule has 1 amide bonds. The van der Waals surface area contributed by atoms with Crippen LogP contribution in [0.5, 0.6) is 11.5 Å². The van der Waals surface area contributed by atoms with Crippen LogP contribution in [-0.2, 0) is 11.4 Å². The van der Waals surface area contributed by atoms with Gasteiger partial charge in [-0.05, 0) is 60.2 Å². The minimum absolute atomic E-state index is 0.0279. The van der Waals surface area contributed by atoms with Crippen LogP contribution >= 0.6 is 27.7 Å². The van der Waals surface area contributed by atoms with E-state index in [-0.39, 0.29) is 18.2 Å². The molecule has 10 heteroatoms. The molecule has 2 aromatic rings. The molecule has 0 unspecified atom stereocenters. The van der Waals surface area contributed by atoms with E-state index in [1.807, 2.05) is 6.92 Å². The molecule has 1 aliphatic heterocycles. The molecular formula is C21H20BrN3O5S. The molecule has 0 bridgehead atoms. The molecule has 1 saturated heterocycles. The number of ether oxygens (including phenoxy) is 2. The number of nitro benzene ring substituents is 1. The zero-order valence-corrected chi connectivity index (χ0v) is 19.5. The van der Waals surface area contributed by atoms with Crippen molar-refractivity contribution in [1.82, 2.24) is 4.90 Å². The lowest BCUT2D eigenvalue weighted by molar-refractivity contribution is -0.384. The van der Waals surface area contributed by atoms with Gasteiger partial charge in [0.05, 0.1) is 16.4 Å². The summed E-state index contributed by atoms with van der Waals surface area (Å²) in [5, 5.41) is 11.4. The van der Waals surface area contributed by atoms with Crippen molar-refractivity contribution in [3.8, 4) is 11.5 Å². The summed E-state index contributed by atoms with van der Waals surface area (Å²) in [5.74, 6) is 0.939. The average molecular weight is 506 g/mol. The summed E-state index contributed by atoms with van der Waals surface area (Å²) in [4.78, 5) is 29.0. The number of aliphatic imine (C=N–C) groups is 1. The van der Waals surface area contributed by atoms with Crippen molar-refractivity contribution in [2.75, 3.05) is 20.7 Å². The highest BCUT2D eigenvalue weighted by molar-refractivity contribution is 9.10. The number of nitrogens with zero attached hydrogens (tertiary/aromatic N) is 3. The van der Waals surface area contributed by atoms with E-state index in [1.165, 1.54) is 28.8 Å². The van der Waals surface area contributed by atoms with Gasteiger partial charge in [0.2, 0.25) is 0 Å². The Labute approximate surface area is 192 Å². The summed E-state index contributed by atoms with van der Waals surface area (Å²) in [7, 11) is 3.34. The number of hydrogen-bond acceptors (Lipinski definition) is 7. The molecule has 31 heavy (non-hydrogen) atoms. The number of amides is 1. The Morgan fingerprint density at radius 1 is 1.23 bits per heavy atom. The summed E-state index contributed by atoms with van der Waals surface area (Å²) in [6.07, 6.45) is 1.79. The number of thioether (sulfide) groups is 1. The number of hydrogen-bond donors (Lipinski definition) is 0. The fourth-order valence-electron chi connectivity index (χ4n) is 2.81. The molecule has 8 nitrogen and oxygen atoms in total. The molecule has 1 heterocycles. The number of halogens is 1. The monoisotopic (exact) mass is 505 g/mol. The first-order chi connectivity index (χ1) is 14.8. The van der Waals surface area contributed by atoms with E-state index in [4.69, 9.17) is 9.47 Å². The number of likely N-dealkylation sites (N-methyl/N-ethyl adjacent to an activating group) is 1. The first-order valence-corrected chi connectivity index (χ1v) is 10.9. The van der Waals surface area contributed by atoms with Crippen LogP contribution in [0.25, 0.3) is 6.08 Å². The topological polar surface area (TPSA) is 94.3 Å². The Morgan fingerprint density at radius 2 is 1.90 bits per heavy atom. The lowest BCUT2D eigenvalue weighted by Crippen LogP contribution is -2.23. The number of carbonyl (C=O) groups is 1. The smallest absolute Gasteiger partial charge is 0.269 e. The third-order valence-electron chi connectivity index (χ3n) is 4.39. The highest BCUT2D eigenvalue weighted by atomic mass is 79.9. The second-order valence-corrected chi connectivity index (χ2v) is 8.31. The summed E-state index contributed by atoms with van der Waals surface area (Å²) in [6, 6.07) is 9.77. The number of amidine groups is 1. The van der Waals surface area contributed by atoms with Gasteiger partial charge < -0.3 is 9.47 Å². The molecule has 3 rings (SSSR count). The van der Waals surface area contributed by atoms with E-state index >= 15 is 0 Å². The van der Waals surface area contributed by atoms with Crippen molar-refractivity contribution < 1.29 is 19.2 Å². The van der Waals surface area contributed by atoms with Crippen molar-refractivity contribution in [2.24, 2.45) is 4.99 Å². The van der Waals surface area contributed by atoms with E-state index in [2.05, 4.69) is 20.9 Å². The highest BCUT2D eigenvalue weighted by Gasteiger charge is 2.30. The quantitative estimate of drug-likeness (QED) is 0.302. The summed E-state index contributed by atoms with van der Waals surface area (Å²) >= 11 is 4.85. The van der Waals surface area contributed by atoms with Crippen LogP contribution in [0.15, 0.2) is 50.8 Å². The van der Waals surface area contributed by atoms with Crippen LogP contribution in [0, 0.1) is 10.1 Å². The number of rotatable bonds is 7. The third-order valence-corrected chi connectivity index (χ3v) is 6.22. The number of non-ortho nitro benzene ring substituents is 1. The number of carbonyl (C=O) groups excluding carboxylic acids is 1. The SMILES string of the molecule is CCOc1cc(/C=C2\SC(=NC)N(C)C2=O)c(Br)cc1OCc1ccc([N+](=O)[O-])cc1. The van der Waals surface area contributed by atoms with Crippen molar-refractivity contribution >= 4 is 50.5 Å². The Morgan fingerprint density at radius 3 is 2.48 bits per heavy atom. The molecule has 0 N–H and O–H groups in total. The largest absolute Gasteiger partial charge is 0.490 e. The lowest BCUT2D eigenvalue weighted by Gasteiger charge is -2.14.